The molecule has 6 nitrogen and oxygen atoms in total. The summed E-state index contributed by atoms with van der Waals surface area (Å²) in [6.45, 7) is 6.21. The van der Waals surface area contributed by atoms with Gasteiger partial charge in [0.2, 0.25) is 0 Å². The quantitative estimate of drug-likeness (QED) is 0.634. The Morgan fingerprint density at radius 3 is 2.20 bits per heavy atom. The SMILES string of the molecule is CC(C)(C)OC(=O)NC(Cc1ccc(Br)cc1)CC(C)(CO)C(=O)O. The summed E-state index contributed by atoms with van der Waals surface area (Å²) in [6, 6.07) is 7.05. The van der Waals surface area contributed by atoms with Gasteiger partial charge in [-0.05, 0) is 58.2 Å². The third-order valence-electron chi connectivity index (χ3n) is 3.68. The zero-order valence-corrected chi connectivity index (χ0v) is 16.6. The first-order valence-electron chi connectivity index (χ1n) is 8.03. The summed E-state index contributed by atoms with van der Waals surface area (Å²) in [7, 11) is 0. The number of carboxylic acid groups (broad SMARTS) is 1. The fraction of sp³-hybridized carbons (Fsp3) is 0.556. The lowest BCUT2D eigenvalue weighted by molar-refractivity contribution is -0.151. The van der Waals surface area contributed by atoms with E-state index in [4.69, 9.17) is 4.74 Å². The van der Waals surface area contributed by atoms with Crippen LogP contribution in [0.4, 0.5) is 4.79 Å². The lowest BCUT2D eigenvalue weighted by Gasteiger charge is -2.29. The minimum Gasteiger partial charge on any atom is -0.481 e. The Labute approximate surface area is 156 Å². The van der Waals surface area contributed by atoms with Crippen molar-refractivity contribution in [3.63, 3.8) is 0 Å². The van der Waals surface area contributed by atoms with Gasteiger partial charge >= 0.3 is 12.1 Å². The van der Waals surface area contributed by atoms with Crippen molar-refractivity contribution < 1.29 is 24.5 Å². The van der Waals surface area contributed by atoms with Gasteiger partial charge in [0.1, 0.15) is 5.60 Å². The summed E-state index contributed by atoms with van der Waals surface area (Å²) in [6.07, 6.45) is -0.107. The van der Waals surface area contributed by atoms with E-state index in [1.807, 2.05) is 24.3 Å². The molecule has 2 unspecified atom stereocenters. The van der Waals surface area contributed by atoms with Crippen LogP contribution in [0.25, 0.3) is 0 Å². The number of benzene rings is 1. The van der Waals surface area contributed by atoms with Crippen LogP contribution in [0, 0.1) is 5.41 Å². The van der Waals surface area contributed by atoms with Gasteiger partial charge in [-0.1, -0.05) is 28.1 Å². The molecule has 1 aromatic carbocycles. The minimum absolute atomic E-state index is 0.0775. The van der Waals surface area contributed by atoms with E-state index in [9.17, 15) is 19.8 Å². The molecule has 0 heterocycles. The van der Waals surface area contributed by atoms with E-state index in [0.29, 0.717) is 6.42 Å². The first-order valence-corrected chi connectivity index (χ1v) is 8.83. The molecule has 3 N–H and O–H groups in total. The van der Waals surface area contributed by atoms with E-state index in [0.717, 1.165) is 10.0 Å². The topological polar surface area (TPSA) is 95.9 Å². The fourth-order valence-corrected chi connectivity index (χ4v) is 2.58. The van der Waals surface area contributed by atoms with E-state index in [-0.39, 0.29) is 6.42 Å². The molecular weight excluding hydrogens is 390 g/mol. The largest absolute Gasteiger partial charge is 0.481 e. The van der Waals surface area contributed by atoms with Crippen molar-refractivity contribution in [2.75, 3.05) is 6.61 Å². The minimum atomic E-state index is -1.35. The van der Waals surface area contributed by atoms with Crippen molar-refractivity contribution in [1.82, 2.24) is 5.32 Å². The molecule has 0 fully saturated rings. The molecule has 0 bridgehead atoms. The van der Waals surface area contributed by atoms with Crippen LogP contribution in [-0.4, -0.2) is 40.5 Å². The molecule has 2 atom stereocenters. The summed E-state index contributed by atoms with van der Waals surface area (Å²) in [5.74, 6) is -1.11. The summed E-state index contributed by atoms with van der Waals surface area (Å²) in [5, 5.41) is 21.6. The van der Waals surface area contributed by atoms with Gasteiger partial charge in [-0.2, -0.15) is 0 Å². The van der Waals surface area contributed by atoms with Crippen LogP contribution in [0.2, 0.25) is 0 Å². The van der Waals surface area contributed by atoms with Crippen LogP contribution in [0.1, 0.15) is 39.7 Å². The van der Waals surface area contributed by atoms with Crippen LogP contribution in [0.3, 0.4) is 0 Å². The molecule has 0 radical (unpaired) electrons. The van der Waals surface area contributed by atoms with Crippen molar-refractivity contribution in [2.24, 2.45) is 5.41 Å². The van der Waals surface area contributed by atoms with Crippen molar-refractivity contribution in [2.45, 2.75) is 52.2 Å². The van der Waals surface area contributed by atoms with Crippen LogP contribution in [0.5, 0.6) is 0 Å². The number of carbonyl (C=O) groups excluding carboxylic acids is 1. The number of aliphatic hydroxyl groups is 1. The molecular formula is C18H26BrNO5. The molecule has 0 aromatic heterocycles. The Kier molecular flexibility index (Phi) is 7.44. The average Bonchev–Trinajstić information content (AvgIpc) is 2.47. The van der Waals surface area contributed by atoms with Crippen LogP contribution < -0.4 is 5.32 Å². The molecule has 140 valence electrons. The molecule has 0 aliphatic rings. The number of hydrogen-bond donors (Lipinski definition) is 3. The Hall–Kier alpha value is -1.60. The molecule has 1 amide bonds. The van der Waals surface area contributed by atoms with Crippen molar-refractivity contribution in [1.29, 1.82) is 0 Å². The molecule has 0 aliphatic heterocycles. The highest BCUT2D eigenvalue weighted by atomic mass is 79.9. The number of carbonyl (C=O) groups is 2. The fourth-order valence-electron chi connectivity index (χ4n) is 2.32. The second-order valence-electron chi connectivity index (χ2n) is 7.40. The normalized spacial score (nSPS) is 15.1. The number of alkyl carbamates (subject to hydrolysis) is 1. The van der Waals surface area contributed by atoms with Gasteiger partial charge in [-0.15, -0.1) is 0 Å². The number of halogens is 1. The highest BCUT2D eigenvalue weighted by molar-refractivity contribution is 9.10. The number of aliphatic carboxylic acids is 1. The molecule has 0 saturated carbocycles. The van der Waals surface area contributed by atoms with E-state index in [2.05, 4.69) is 21.2 Å². The monoisotopic (exact) mass is 415 g/mol. The summed E-state index contributed by atoms with van der Waals surface area (Å²) in [5.41, 5.74) is -1.07. The van der Waals surface area contributed by atoms with Crippen LogP contribution in [-0.2, 0) is 16.0 Å². The molecule has 0 aliphatic carbocycles. The van der Waals surface area contributed by atoms with Gasteiger partial charge in [-0.3, -0.25) is 4.79 Å². The van der Waals surface area contributed by atoms with Crippen molar-refractivity contribution in [3.8, 4) is 0 Å². The Balaban J connectivity index is 2.94. The number of nitrogens with one attached hydrogen (secondary N) is 1. The first kappa shape index (κ1) is 21.4. The summed E-state index contributed by atoms with van der Waals surface area (Å²) >= 11 is 3.36. The molecule has 0 spiro atoms. The summed E-state index contributed by atoms with van der Waals surface area (Å²) < 4.78 is 6.20. The summed E-state index contributed by atoms with van der Waals surface area (Å²) in [4.78, 5) is 23.6. The van der Waals surface area contributed by atoms with Crippen molar-refractivity contribution >= 4 is 28.0 Å². The van der Waals surface area contributed by atoms with Gasteiger partial charge < -0.3 is 20.3 Å². The van der Waals surface area contributed by atoms with E-state index < -0.39 is 35.7 Å². The second kappa shape index (κ2) is 8.67. The van der Waals surface area contributed by atoms with Crippen molar-refractivity contribution in [3.05, 3.63) is 34.3 Å². The second-order valence-corrected chi connectivity index (χ2v) is 8.32. The maximum atomic E-state index is 12.1. The van der Waals surface area contributed by atoms with Gasteiger partial charge in [0.25, 0.3) is 0 Å². The molecule has 1 aromatic rings. The predicted molar refractivity (Wildman–Crippen MR) is 98.4 cm³/mol. The number of ether oxygens (including phenoxy) is 1. The van der Waals surface area contributed by atoms with Gasteiger partial charge in [0.05, 0.1) is 12.0 Å². The average molecular weight is 416 g/mol. The number of amides is 1. The number of hydrogen-bond acceptors (Lipinski definition) is 4. The zero-order valence-electron chi connectivity index (χ0n) is 15.0. The highest BCUT2D eigenvalue weighted by Gasteiger charge is 2.36. The predicted octanol–water partition coefficient (Wildman–Crippen LogP) is 3.36. The third-order valence-corrected chi connectivity index (χ3v) is 4.21. The van der Waals surface area contributed by atoms with E-state index in [1.54, 1.807) is 20.8 Å². The van der Waals surface area contributed by atoms with Gasteiger partial charge in [-0.25, -0.2) is 4.79 Å². The Bertz CT molecular complexity index is 596. The molecule has 0 saturated heterocycles. The Morgan fingerprint density at radius 2 is 1.76 bits per heavy atom. The van der Waals surface area contributed by atoms with E-state index in [1.165, 1.54) is 6.92 Å². The maximum absolute atomic E-state index is 12.1. The molecule has 1 rings (SSSR count). The Morgan fingerprint density at radius 1 is 1.20 bits per heavy atom. The first-order chi connectivity index (χ1) is 11.4. The van der Waals surface area contributed by atoms with Crippen LogP contribution >= 0.6 is 15.9 Å². The lowest BCUT2D eigenvalue weighted by Crippen LogP contribution is -2.45. The standard InChI is InChI=1S/C18H26BrNO5/c1-17(2,3)25-16(24)20-14(10-18(4,11-21)15(22)23)9-12-5-7-13(19)8-6-12/h5-8,14,21H,9-11H2,1-4H3,(H,20,24)(H,22,23). The highest BCUT2D eigenvalue weighted by Crippen LogP contribution is 2.25. The smallest absolute Gasteiger partial charge is 0.407 e. The number of carboxylic acids is 1. The van der Waals surface area contributed by atoms with Gasteiger partial charge in [0, 0.05) is 10.5 Å². The third kappa shape index (κ3) is 7.44. The zero-order chi connectivity index (χ0) is 19.3. The lowest BCUT2D eigenvalue weighted by atomic mass is 9.82. The molecule has 25 heavy (non-hydrogen) atoms. The molecule has 7 heteroatoms. The van der Waals surface area contributed by atoms with Gasteiger partial charge in [0.15, 0.2) is 0 Å². The van der Waals surface area contributed by atoms with Crippen LogP contribution in [0.15, 0.2) is 28.7 Å². The van der Waals surface area contributed by atoms with E-state index >= 15 is 0 Å². The maximum Gasteiger partial charge on any atom is 0.407 e. The number of aliphatic hydroxyl groups excluding tert-OH is 1. The number of rotatable bonds is 7.